The molecule has 9 nitrogen and oxygen atoms in total. The van der Waals surface area contributed by atoms with Gasteiger partial charge in [0.1, 0.15) is 11.7 Å². The lowest BCUT2D eigenvalue weighted by atomic mass is 10.0. The molecule has 0 bridgehead atoms. The number of aliphatic imine (C=N–C) groups is 1. The Morgan fingerprint density at radius 1 is 1.31 bits per heavy atom. The summed E-state index contributed by atoms with van der Waals surface area (Å²) < 4.78 is 1.83. The molecular weight excluding hydrogens is 438 g/mol. The molecule has 0 radical (unpaired) electrons. The summed E-state index contributed by atoms with van der Waals surface area (Å²) in [5, 5.41) is 19.0. The Kier molecular flexibility index (Phi) is 6.96. The average Bonchev–Trinajstić information content (AvgIpc) is 3.22. The zero-order chi connectivity index (χ0) is 24.9. The van der Waals surface area contributed by atoms with Crippen LogP contribution in [0.2, 0.25) is 0 Å². The number of hydrogen-bond donors (Lipinski definition) is 4. The molecule has 2 aromatic rings. The van der Waals surface area contributed by atoms with E-state index in [0.717, 1.165) is 39.5 Å². The molecule has 4 heterocycles. The summed E-state index contributed by atoms with van der Waals surface area (Å²) in [6, 6.07) is 3.96. The fourth-order valence-corrected chi connectivity index (χ4v) is 3.82. The second-order valence-corrected chi connectivity index (χ2v) is 8.77. The number of rotatable bonds is 8. The van der Waals surface area contributed by atoms with Gasteiger partial charge in [0.05, 0.1) is 35.5 Å². The van der Waals surface area contributed by atoms with E-state index in [2.05, 4.69) is 31.6 Å². The summed E-state index contributed by atoms with van der Waals surface area (Å²) in [4.78, 5) is 10.8. The topological polar surface area (TPSA) is 120 Å². The molecule has 0 fully saturated rings. The fraction of sp³-hybridized carbons (Fsp3) is 0.231. The van der Waals surface area contributed by atoms with Crippen molar-refractivity contribution in [2.45, 2.75) is 20.4 Å². The molecule has 0 amide bonds. The first kappa shape index (κ1) is 23.7. The Labute approximate surface area is 205 Å². The molecule has 2 aliphatic heterocycles. The summed E-state index contributed by atoms with van der Waals surface area (Å²) in [6.07, 6.45) is 16.6. The van der Waals surface area contributed by atoms with Crippen LogP contribution in [0.4, 0.5) is 5.69 Å². The van der Waals surface area contributed by atoms with Gasteiger partial charge in [-0.25, -0.2) is 4.99 Å². The molecule has 0 spiro atoms. The fourth-order valence-electron chi connectivity index (χ4n) is 3.82. The lowest BCUT2D eigenvalue weighted by Crippen LogP contribution is -2.26. The number of aromatic nitrogens is 3. The van der Waals surface area contributed by atoms with Gasteiger partial charge < -0.3 is 26.7 Å². The lowest BCUT2D eigenvalue weighted by molar-refractivity contribution is 0.734. The number of fused-ring (bicyclic) bond motifs is 1. The van der Waals surface area contributed by atoms with Gasteiger partial charge in [0, 0.05) is 50.0 Å². The highest BCUT2D eigenvalue weighted by atomic mass is 15.3. The van der Waals surface area contributed by atoms with Crippen LogP contribution in [-0.4, -0.2) is 33.9 Å². The maximum atomic E-state index is 7.56. The summed E-state index contributed by atoms with van der Waals surface area (Å²) >= 11 is 0. The molecule has 5 N–H and O–H groups in total. The van der Waals surface area contributed by atoms with Crippen molar-refractivity contribution in [3.8, 4) is 0 Å². The summed E-state index contributed by atoms with van der Waals surface area (Å²) in [5.74, 6) is 1.18. The van der Waals surface area contributed by atoms with E-state index < -0.39 is 0 Å². The third-order valence-electron chi connectivity index (χ3n) is 5.73. The molecule has 0 atom stereocenters. The number of allylic oxidation sites excluding steroid dienone is 5. The van der Waals surface area contributed by atoms with Crippen LogP contribution < -0.4 is 21.3 Å². The van der Waals surface area contributed by atoms with Gasteiger partial charge in [-0.1, -0.05) is 13.8 Å². The van der Waals surface area contributed by atoms with E-state index in [0.29, 0.717) is 18.2 Å². The molecule has 0 aliphatic carbocycles. The van der Waals surface area contributed by atoms with Crippen LogP contribution in [0.5, 0.6) is 0 Å². The summed E-state index contributed by atoms with van der Waals surface area (Å²) in [6.45, 7) is 4.68. The van der Waals surface area contributed by atoms with E-state index in [1.54, 1.807) is 12.3 Å². The Bertz CT molecular complexity index is 1290. The quantitative estimate of drug-likeness (QED) is 0.348. The number of aryl methyl sites for hydroxylation is 1. The Morgan fingerprint density at radius 3 is 2.86 bits per heavy atom. The van der Waals surface area contributed by atoms with E-state index in [4.69, 9.17) is 16.2 Å². The van der Waals surface area contributed by atoms with Crippen molar-refractivity contribution in [1.29, 1.82) is 5.41 Å². The van der Waals surface area contributed by atoms with Gasteiger partial charge in [-0.05, 0) is 47.9 Å². The van der Waals surface area contributed by atoms with E-state index in [1.807, 2.05) is 75.5 Å². The predicted octanol–water partition coefficient (Wildman–Crippen LogP) is 3.20. The number of nitrogens with one attached hydrogen (secondary N) is 3. The number of hydrogen-bond acceptors (Lipinski definition) is 7. The maximum Gasteiger partial charge on any atom is 0.132 e. The second-order valence-electron chi connectivity index (χ2n) is 8.77. The normalized spacial score (nSPS) is 15.8. The van der Waals surface area contributed by atoms with Crippen molar-refractivity contribution in [2.24, 2.45) is 23.7 Å². The molecule has 9 heteroatoms. The van der Waals surface area contributed by atoms with Crippen LogP contribution in [0.25, 0.3) is 5.57 Å². The third kappa shape index (κ3) is 5.57. The zero-order valence-corrected chi connectivity index (χ0v) is 20.4. The van der Waals surface area contributed by atoms with Gasteiger partial charge in [0.2, 0.25) is 0 Å². The van der Waals surface area contributed by atoms with Gasteiger partial charge in [0.15, 0.2) is 0 Å². The van der Waals surface area contributed by atoms with Crippen molar-refractivity contribution in [3.05, 3.63) is 95.3 Å². The van der Waals surface area contributed by atoms with E-state index in [1.165, 1.54) is 6.21 Å². The molecular formula is C26H31N9. The van der Waals surface area contributed by atoms with Crippen LogP contribution >= 0.6 is 0 Å². The summed E-state index contributed by atoms with van der Waals surface area (Å²) in [7, 11) is 3.96. The largest absolute Gasteiger partial charge is 0.384 e. The molecule has 0 saturated carbocycles. The van der Waals surface area contributed by atoms with Crippen molar-refractivity contribution in [3.63, 3.8) is 0 Å². The second kappa shape index (κ2) is 10.3. The van der Waals surface area contributed by atoms with Crippen molar-refractivity contribution in [2.75, 3.05) is 11.9 Å². The van der Waals surface area contributed by atoms with Gasteiger partial charge in [0.25, 0.3) is 0 Å². The third-order valence-corrected chi connectivity index (χ3v) is 5.73. The molecule has 0 aromatic carbocycles. The standard InChI is InChI=1S/C26H31N9/c1-17(2)18(12-27)11-25(28)32-26-8-7-22-23(31-26)10-19(13-30-22)21-15-35(4)33-24(21)16-34(3)20-6-5-9-29-14-20/h5-15,17,27,30-31H,16H2,1-4H3,(H2,28,32). The van der Waals surface area contributed by atoms with Crippen molar-refractivity contribution >= 4 is 23.3 Å². The SMILES string of the molecule is CC(C)C(C=N)=CC(N)=NC1=CC=C2NC=C(c3cn(C)nc3CN(C)c3cccnc3)C=C2N1. The molecule has 0 saturated heterocycles. The average molecular weight is 470 g/mol. The van der Waals surface area contributed by atoms with Crippen LogP contribution in [0.15, 0.2) is 89.0 Å². The zero-order valence-electron chi connectivity index (χ0n) is 20.4. The van der Waals surface area contributed by atoms with Crippen LogP contribution in [-0.2, 0) is 13.6 Å². The van der Waals surface area contributed by atoms with Gasteiger partial charge in [-0.2, -0.15) is 5.10 Å². The number of amidine groups is 1. The number of dihydropyridines is 2. The van der Waals surface area contributed by atoms with Crippen molar-refractivity contribution < 1.29 is 0 Å². The monoisotopic (exact) mass is 469 g/mol. The Hall–Kier alpha value is -4.40. The highest BCUT2D eigenvalue weighted by Gasteiger charge is 2.20. The van der Waals surface area contributed by atoms with Gasteiger partial charge in [-0.15, -0.1) is 0 Å². The Morgan fingerprint density at radius 2 is 2.14 bits per heavy atom. The van der Waals surface area contributed by atoms with Crippen LogP contribution in [0, 0.1) is 11.3 Å². The molecule has 4 rings (SSSR count). The minimum Gasteiger partial charge on any atom is -0.384 e. The number of nitrogens with zero attached hydrogens (tertiary/aromatic N) is 5. The molecule has 35 heavy (non-hydrogen) atoms. The highest BCUT2D eigenvalue weighted by molar-refractivity contribution is 5.97. The lowest BCUT2D eigenvalue weighted by Gasteiger charge is -2.23. The summed E-state index contributed by atoms with van der Waals surface area (Å²) in [5.41, 5.74) is 12.8. The number of pyridine rings is 1. The molecule has 0 unspecified atom stereocenters. The predicted molar refractivity (Wildman–Crippen MR) is 141 cm³/mol. The first-order valence-electron chi connectivity index (χ1n) is 11.4. The van der Waals surface area contributed by atoms with Gasteiger partial charge in [-0.3, -0.25) is 9.67 Å². The Balaban J connectivity index is 1.55. The molecule has 180 valence electrons. The highest BCUT2D eigenvalue weighted by Crippen LogP contribution is 2.28. The van der Waals surface area contributed by atoms with E-state index >= 15 is 0 Å². The molecule has 2 aromatic heterocycles. The van der Waals surface area contributed by atoms with E-state index in [-0.39, 0.29) is 5.92 Å². The minimum atomic E-state index is 0.199. The molecule has 2 aliphatic rings. The number of nitrogens with two attached hydrogens (primary N) is 1. The van der Waals surface area contributed by atoms with E-state index in [9.17, 15) is 0 Å². The van der Waals surface area contributed by atoms with Crippen LogP contribution in [0.1, 0.15) is 25.1 Å². The smallest absolute Gasteiger partial charge is 0.132 e. The van der Waals surface area contributed by atoms with Crippen LogP contribution in [0.3, 0.4) is 0 Å². The first-order valence-corrected chi connectivity index (χ1v) is 11.4. The first-order chi connectivity index (χ1) is 16.8. The van der Waals surface area contributed by atoms with Gasteiger partial charge >= 0.3 is 0 Å². The van der Waals surface area contributed by atoms with Crippen molar-refractivity contribution in [1.82, 2.24) is 25.4 Å². The number of anilines is 1. The minimum absolute atomic E-state index is 0.199. The maximum absolute atomic E-state index is 7.56.